The lowest BCUT2D eigenvalue weighted by molar-refractivity contribution is 0.0380. The van der Waals surface area contributed by atoms with Crippen molar-refractivity contribution in [2.75, 3.05) is 0 Å². The van der Waals surface area contributed by atoms with E-state index < -0.39 is 0 Å². The van der Waals surface area contributed by atoms with Gasteiger partial charge in [0.2, 0.25) is 0 Å². The Hall–Kier alpha value is -2.68. The molecule has 1 aromatic heterocycles. The number of esters is 1. The van der Waals surface area contributed by atoms with Gasteiger partial charge in [-0.25, -0.2) is 4.79 Å². The lowest BCUT2D eigenvalue weighted by Crippen LogP contribution is -2.12. The highest BCUT2D eigenvalue weighted by Gasteiger charge is 2.13. The zero-order valence-corrected chi connectivity index (χ0v) is 12.6. The summed E-state index contributed by atoms with van der Waals surface area (Å²) < 4.78 is 5.29. The molecular formula is C19H17NO2. The number of aromatic nitrogens is 1. The summed E-state index contributed by atoms with van der Waals surface area (Å²) in [6.45, 7) is 3.68. The van der Waals surface area contributed by atoms with Crippen molar-refractivity contribution in [2.45, 2.75) is 20.0 Å². The average molecular weight is 291 g/mol. The first-order chi connectivity index (χ1) is 10.6. The Morgan fingerprint density at radius 2 is 1.77 bits per heavy atom. The van der Waals surface area contributed by atoms with Crippen molar-refractivity contribution < 1.29 is 9.53 Å². The van der Waals surface area contributed by atoms with Crippen LogP contribution in [-0.4, -0.2) is 17.1 Å². The Morgan fingerprint density at radius 3 is 2.50 bits per heavy atom. The van der Waals surface area contributed by atoms with Crippen LogP contribution in [-0.2, 0) is 4.74 Å². The molecule has 3 rings (SSSR count). The van der Waals surface area contributed by atoms with Crippen molar-refractivity contribution in [3.63, 3.8) is 0 Å². The molecule has 2 aromatic carbocycles. The smallest absolute Gasteiger partial charge is 0.339 e. The lowest BCUT2D eigenvalue weighted by Gasteiger charge is -2.10. The van der Waals surface area contributed by atoms with Crippen molar-refractivity contribution in [1.82, 2.24) is 4.98 Å². The normalized spacial score (nSPS) is 10.9. The molecule has 0 N–H and O–H groups in total. The van der Waals surface area contributed by atoms with Crippen LogP contribution in [0.3, 0.4) is 0 Å². The number of carbonyl (C=O) groups is 1. The van der Waals surface area contributed by atoms with Crippen molar-refractivity contribution in [2.24, 2.45) is 0 Å². The van der Waals surface area contributed by atoms with Gasteiger partial charge in [0.05, 0.1) is 17.2 Å². The molecule has 0 fully saturated rings. The summed E-state index contributed by atoms with van der Waals surface area (Å²) in [7, 11) is 0. The van der Waals surface area contributed by atoms with E-state index >= 15 is 0 Å². The van der Waals surface area contributed by atoms with E-state index in [0.717, 1.165) is 22.0 Å². The lowest BCUT2D eigenvalue weighted by atomic mass is 10.0. The predicted molar refractivity (Wildman–Crippen MR) is 87.7 cm³/mol. The van der Waals surface area contributed by atoms with Crippen LogP contribution in [0.4, 0.5) is 0 Å². The largest absolute Gasteiger partial charge is 0.459 e. The maximum atomic E-state index is 12.2. The van der Waals surface area contributed by atoms with E-state index in [0.29, 0.717) is 5.56 Å². The highest BCUT2D eigenvalue weighted by molar-refractivity contribution is 6.04. The van der Waals surface area contributed by atoms with E-state index in [1.54, 1.807) is 12.3 Å². The highest BCUT2D eigenvalue weighted by atomic mass is 16.5. The summed E-state index contributed by atoms with van der Waals surface area (Å²) in [5, 5.41) is 0.813. The van der Waals surface area contributed by atoms with Crippen LogP contribution >= 0.6 is 0 Å². The van der Waals surface area contributed by atoms with Gasteiger partial charge in [-0.05, 0) is 37.1 Å². The molecule has 0 amide bonds. The molecule has 3 aromatic rings. The summed E-state index contributed by atoms with van der Waals surface area (Å²) in [5.41, 5.74) is 3.55. The van der Waals surface area contributed by atoms with E-state index in [2.05, 4.69) is 17.1 Å². The number of benzene rings is 2. The maximum absolute atomic E-state index is 12.2. The van der Waals surface area contributed by atoms with Gasteiger partial charge in [0, 0.05) is 11.6 Å². The molecule has 0 aliphatic carbocycles. The highest BCUT2D eigenvalue weighted by Crippen LogP contribution is 2.25. The zero-order chi connectivity index (χ0) is 15.5. The summed E-state index contributed by atoms with van der Waals surface area (Å²) in [5.74, 6) is -0.310. The molecule has 0 saturated carbocycles. The van der Waals surface area contributed by atoms with Crippen LogP contribution in [0.25, 0.3) is 22.0 Å². The average Bonchev–Trinajstić information content (AvgIpc) is 2.54. The Balaban J connectivity index is 2.06. The first kappa shape index (κ1) is 14.3. The quantitative estimate of drug-likeness (QED) is 0.668. The van der Waals surface area contributed by atoms with Gasteiger partial charge >= 0.3 is 5.97 Å². The number of carbonyl (C=O) groups excluding carboxylic acids is 1. The monoisotopic (exact) mass is 291 g/mol. The van der Waals surface area contributed by atoms with Crippen LogP contribution in [0.1, 0.15) is 24.2 Å². The van der Waals surface area contributed by atoms with Gasteiger partial charge in [-0.2, -0.15) is 0 Å². The number of fused-ring (bicyclic) bond motifs is 1. The van der Waals surface area contributed by atoms with Gasteiger partial charge in [0.15, 0.2) is 0 Å². The molecule has 0 spiro atoms. The molecule has 0 atom stereocenters. The second-order valence-electron chi connectivity index (χ2n) is 5.41. The van der Waals surface area contributed by atoms with Crippen LogP contribution < -0.4 is 0 Å². The van der Waals surface area contributed by atoms with Crippen molar-refractivity contribution in [3.8, 4) is 11.1 Å². The molecule has 0 aliphatic rings. The number of hydrogen-bond donors (Lipinski definition) is 0. The van der Waals surface area contributed by atoms with Gasteiger partial charge < -0.3 is 4.74 Å². The third-order valence-corrected chi connectivity index (χ3v) is 3.41. The number of pyridine rings is 1. The number of ether oxygens (including phenoxy) is 1. The topological polar surface area (TPSA) is 39.2 Å². The molecule has 0 aliphatic heterocycles. The first-order valence-electron chi connectivity index (χ1n) is 7.30. The predicted octanol–water partition coefficient (Wildman–Crippen LogP) is 4.47. The fourth-order valence-electron chi connectivity index (χ4n) is 2.41. The Bertz CT molecular complexity index is 810. The summed E-state index contributed by atoms with van der Waals surface area (Å²) in [6, 6.07) is 17.7. The van der Waals surface area contributed by atoms with E-state index in [-0.39, 0.29) is 12.1 Å². The van der Waals surface area contributed by atoms with E-state index in [4.69, 9.17) is 4.74 Å². The minimum atomic E-state index is -0.310. The molecule has 3 heteroatoms. The van der Waals surface area contributed by atoms with Crippen molar-refractivity contribution in [3.05, 3.63) is 66.4 Å². The van der Waals surface area contributed by atoms with E-state index in [9.17, 15) is 4.79 Å². The molecular weight excluding hydrogens is 274 g/mol. The van der Waals surface area contributed by atoms with Gasteiger partial charge in [-0.1, -0.05) is 42.5 Å². The summed E-state index contributed by atoms with van der Waals surface area (Å²) >= 11 is 0. The molecule has 1 heterocycles. The molecule has 110 valence electrons. The fourth-order valence-corrected chi connectivity index (χ4v) is 2.41. The van der Waals surface area contributed by atoms with Crippen LogP contribution in [0.15, 0.2) is 60.8 Å². The molecule has 0 unspecified atom stereocenters. The Morgan fingerprint density at radius 1 is 1.00 bits per heavy atom. The summed E-state index contributed by atoms with van der Waals surface area (Å²) in [6.07, 6.45) is 1.51. The molecule has 0 bridgehead atoms. The van der Waals surface area contributed by atoms with Crippen molar-refractivity contribution >= 4 is 16.9 Å². The van der Waals surface area contributed by atoms with E-state index in [1.165, 1.54) is 0 Å². The molecule has 0 radical (unpaired) electrons. The number of hydrogen-bond acceptors (Lipinski definition) is 3. The second kappa shape index (κ2) is 5.98. The zero-order valence-electron chi connectivity index (χ0n) is 12.6. The second-order valence-corrected chi connectivity index (χ2v) is 5.41. The van der Waals surface area contributed by atoms with Crippen molar-refractivity contribution in [1.29, 1.82) is 0 Å². The van der Waals surface area contributed by atoms with Crippen LogP contribution in [0.2, 0.25) is 0 Å². The minimum Gasteiger partial charge on any atom is -0.459 e. The molecule has 0 saturated heterocycles. The Labute approximate surface area is 129 Å². The van der Waals surface area contributed by atoms with Gasteiger partial charge in [-0.3, -0.25) is 4.98 Å². The van der Waals surface area contributed by atoms with Crippen LogP contribution in [0, 0.1) is 0 Å². The SMILES string of the molecule is CC(C)OC(=O)c1ccnc2cc(-c3ccccc3)ccc12. The minimum absolute atomic E-state index is 0.140. The van der Waals surface area contributed by atoms with Gasteiger partial charge in [-0.15, -0.1) is 0 Å². The van der Waals surface area contributed by atoms with Gasteiger partial charge in [0.25, 0.3) is 0 Å². The van der Waals surface area contributed by atoms with Crippen LogP contribution in [0.5, 0.6) is 0 Å². The summed E-state index contributed by atoms with van der Waals surface area (Å²) in [4.78, 5) is 16.6. The maximum Gasteiger partial charge on any atom is 0.339 e. The molecule has 3 nitrogen and oxygen atoms in total. The fraction of sp³-hybridized carbons (Fsp3) is 0.158. The third-order valence-electron chi connectivity index (χ3n) is 3.41. The number of nitrogens with zero attached hydrogens (tertiary/aromatic N) is 1. The third kappa shape index (κ3) is 2.84. The molecule has 22 heavy (non-hydrogen) atoms. The standard InChI is InChI=1S/C19H17NO2/c1-13(2)22-19(21)17-10-11-20-18-12-15(8-9-16(17)18)14-6-4-3-5-7-14/h3-13H,1-2H3. The van der Waals surface area contributed by atoms with Gasteiger partial charge in [0.1, 0.15) is 0 Å². The first-order valence-corrected chi connectivity index (χ1v) is 7.30. The van der Waals surface area contributed by atoms with E-state index in [1.807, 2.05) is 50.2 Å². The Kier molecular flexibility index (Phi) is 3.88. The number of rotatable bonds is 3.